The average Bonchev–Trinajstić information content (AvgIpc) is 2.60. The van der Waals surface area contributed by atoms with Crippen molar-refractivity contribution < 1.29 is 27.8 Å². The van der Waals surface area contributed by atoms with Crippen LogP contribution in [0.2, 0.25) is 0 Å². The van der Waals surface area contributed by atoms with Crippen molar-refractivity contribution in [3.05, 3.63) is 35.9 Å². The quantitative estimate of drug-likeness (QED) is 0.669. The summed E-state index contributed by atoms with van der Waals surface area (Å²) in [6, 6.07) is 6.05. The molecule has 2 rings (SSSR count). The van der Waals surface area contributed by atoms with Crippen LogP contribution in [0.25, 0.3) is 0 Å². The first-order chi connectivity index (χ1) is 11.9. The topological polar surface area (TPSA) is 140 Å². The van der Waals surface area contributed by atoms with Gasteiger partial charge < -0.3 is 14.6 Å². The van der Waals surface area contributed by atoms with Gasteiger partial charge in [-0.3, -0.25) is 5.32 Å². The minimum absolute atomic E-state index is 0.121. The van der Waals surface area contributed by atoms with E-state index >= 15 is 0 Å². The lowest BCUT2D eigenvalue weighted by Crippen LogP contribution is -2.35. The summed E-state index contributed by atoms with van der Waals surface area (Å²) >= 11 is 0. The van der Waals surface area contributed by atoms with Crippen molar-refractivity contribution >= 4 is 22.0 Å². The molecule has 0 aliphatic carbocycles. The Balaban J connectivity index is 2.19. The summed E-state index contributed by atoms with van der Waals surface area (Å²) in [5.74, 6) is 0.0330. The van der Waals surface area contributed by atoms with E-state index < -0.39 is 22.7 Å². The predicted molar refractivity (Wildman–Crippen MR) is 86.8 cm³/mol. The van der Waals surface area contributed by atoms with Crippen LogP contribution in [0.15, 0.2) is 35.2 Å². The Morgan fingerprint density at radius 3 is 2.32 bits per heavy atom. The minimum atomic E-state index is -4.19. The first-order valence-corrected chi connectivity index (χ1v) is 8.37. The van der Waals surface area contributed by atoms with Gasteiger partial charge in [-0.15, -0.1) is 0 Å². The second kappa shape index (κ2) is 7.77. The first-order valence-electron chi connectivity index (χ1n) is 6.89. The molecule has 0 radical (unpaired) electrons. The van der Waals surface area contributed by atoms with E-state index in [0.29, 0.717) is 0 Å². The number of urea groups is 1. The second-order valence-electron chi connectivity index (χ2n) is 4.60. The Hall–Kier alpha value is -2.92. The number of aliphatic hydroxyl groups excluding tert-OH is 1. The van der Waals surface area contributed by atoms with Gasteiger partial charge in [0.2, 0.25) is 17.7 Å². The van der Waals surface area contributed by atoms with Gasteiger partial charge in [-0.05, 0) is 11.6 Å². The van der Waals surface area contributed by atoms with E-state index in [-0.39, 0.29) is 28.2 Å². The number of ether oxygens (including phenoxy) is 2. The SMILES string of the molecule is COc1cc(OC)nc(NC(=O)NS(=O)(=O)c2ccccc2CO)n1. The van der Waals surface area contributed by atoms with Crippen LogP contribution >= 0.6 is 0 Å². The molecule has 2 amide bonds. The summed E-state index contributed by atoms with van der Waals surface area (Å²) in [4.78, 5) is 19.5. The highest BCUT2D eigenvalue weighted by molar-refractivity contribution is 7.90. The summed E-state index contributed by atoms with van der Waals surface area (Å²) in [5, 5.41) is 11.4. The third kappa shape index (κ3) is 4.55. The molecule has 1 aromatic carbocycles. The molecular formula is C14H16N4O6S. The van der Waals surface area contributed by atoms with Gasteiger partial charge in [0, 0.05) is 0 Å². The maximum absolute atomic E-state index is 12.3. The molecule has 134 valence electrons. The zero-order chi connectivity index (χ0) is 18.4. The van der Waals surface area contributed by atoms with Crippen molar-refractivity contribution in [2.75, 3.05) is 19.5 Å². The van der Waals surface area contributed by atoms with Gasteiger partial charge in [0.05, 0.1) is 31.8 Å². The Morgan fingerprint density at radius 1 is 1.16 bits per heavy atom. The maximum Gasteiger partial charge on any atom is 0.335 e. The summed E-state index contributed by atoms with van der Waals surface area (Å²) in [6.07, 6.45) is 0. The molecule has 0 spiro atoms. The van der Waals surface area contributed by atoms with Gasteiger partial charge in [-0.1, -0.05) is 18.2 Å². The Kier molecular flexibility index (Phi) is 5.72. The third-order valence-corrected chi connectivity index (χ3v) is 4.41. The fourth-order valence-electron chi connectivity index (χ4n) is 1.87. The fourth-order valence-corrected chi connectivity index (χ4v) is 3.01. The van der Waals surface area contributed by atoms with Gasteiger partial charge in [0.25, 0.3) is 10.0 Å². The van der Waals surface area contributed by atoms with E-state index in [4.69, 9.17) is 9.47 Å². The van der Waals surface area contributed by atoms with Crippen LogP contribution in [-0.4, -0.2) is 43.7 Å². The molecule has 1 heterocycles. The second-order valence-corrected chi connectivity index (χ2v) is 6.25. The Labute approximate surface area is 143 Å². The van der Waals surface area contributed by atoms with Crippen LogP contribution in [0.1, 0.15) is 5.56 Å². The van der Waals surface area contributed by atoms with E-state index in [1.807, 2.05) is 4.72 Å². The normalized spacial score (nSPS) is 10.8. The molecule has 0 unspecified atom stereocenters. The number of aromatic nitrogens is 2. The molecule has 0 bridgehead atoms. The number of anilines is 1. The third-order valence-electron chi connectivity index (χ3n) is 2.98. The number of rotatable bonds is 6. The minimum Gasteiger partial charge on any atom is -0.481 e. The lowest BCUT2D eigenvalue weighted by Gasteiger charge is -2.11. The van der Waals surface area contributed by atoms with Crippen molar-refractivity contribution in [3.8, 4) is 11.8 Å². The Morgan fingerprint density at radius 2 is 1.76 bits per heavy atom. The first kappa shape index (κ1) is 18.4. The number of aliphatic hydroxyl groups is 1. The largest absolute Gasteiger partial charge is 0.481 e. The summed E-state index contributed by atoms with van der Waals surface area (Å²) in [6.45, 7) is -0.491. The van der Waals surface area contributed by atoms with Crippen LogP contribution < -0.4 is 19.5 Å². The summed E-state index contributed by atoms with van der Waals surface area (Å²) in [7, 11) is -1.47. The molecular weight excluding hydrogens is 352 g/mol. The molecule has 0 saturated carbocycles. The summed E-state index contributed by atoms with van der Waals surface area (Å²) in [5.41, 5.74) is 0.155. The van der Waals surface area contributed by atoms with Crippen LogP contribution in [0, 0.1) is 0 Å². The maximum atomic E-state index is 12.3. The number of carbonyl (C=O) groups is 1. The zero-order valence-electron chi connectivity index (χ0n) is 13.4. The Bertz CT molecular complexity index is 849. The lowest BCUT2D eigenvalue weighted by molar-refractivity contribution is 0.256. The van der Waals surface area contributed by atoms with Crippen LogP contribution in [0.3, 0.4) is 0 Å². The molecule has 1 aromatic heterocycles. The van der Waals surface area contributed by atoms with E-state index in [0.717, 1.165) is 0 Å². The molecule has 10 nitrogen and oxygen atoms in total. The van der Waals surface area contributed by atoms with Gasteiger partial charge in [0.15, 0.2) is 0 Å². The zero-order valence-corrected chi connectivity index (χ0v) is 14.2. The standard InChI is InChI=1S/C14H16N4O6S/c1-23-11-7-12(24-2)16-13(15-11)17-14(20)18-25(21,22)10-6-4-3-5-9(10)8-19/h3-7,19H,8H2,1-2H3,(H2,15,16,17,18,20). The molecule has 3 N–H and O–H groups in total. The molecule has 0 aliphatic heterocycles. The smallest absolute Gasteiger partial charge is 0.335 e. The van der Waals surface area contributed by atoms with E-state index in [9.17, 15) is 18.3 Å². The van der Waals surface area contributed by atoms with Gasteiger partial charge in [-0.2, -0.15) is 9.97 Å². The number of benzene rings is 1. The van der Waals surface area contributed by atoms with Gasteiger partial charge in [0.1, 0.15) is 0 Å². The fraction of sp³-hybridized carbons (Fsp3) is 0.214. The number of nitrogens with one attached hydrogen (secondary N) is 2. The van der Waals surface area contributed by atoms with Crippen LogP contribution in [-0.2, 0) is 16.6 Å². The average molecular weight is 368 g/mol. The van der Waals surface area contributed by atoms with Crippen LogP contribution in [0.4, 0.5) is 10.7 Å². The monoisotopic (exact) mass is 368 g/mol. The van der Waals surface area contributed by atoms with Crippen molar-refractivity contribution in [3.63, 3.8) is 0 Å². The lowest BCUT2D eigenvalue weighted by atomic mass is 10.2. The van der Waals surface area contributed by atoms with Crippen molar-refractivity contribution in [1.82, 2.24) is 14.7 Å². The van der Waals surface area contributed by atoms with E-state index in [1.54, 1.807) is 6.07 Å². The number of carbonyl (C=O) groups excluding carboxylic acids is 1. The van der Waals surface area contributed by atoms with Gasteiger partial charge in [-0.25, -0.2) is 17.9 Å². The van der Waals surface area contributed by atoms with Crippen molar-refractivity contribution in [2.24, 2.45) is 0 Å². The number of methoxy groups -OCH3 is 2. The van der Waals surface area contributed by atoms with Crippen LogP contribution in [0.5, 0.6) is 11.8 Å². The molecule has 0 atom stereocenters. The molecule has 0 saturated heterocycles. The van der Waals surface area contributed by atoms with Gasteiger partial charge >= 0.3 is 6.03 Å². The van der Waals surface area contributed by atoms with Crippen molar-refractivity contribution in [2.45, 2.75) is 11.5 Å². The molecule has 0 fully saturated rings. The number of amides is 2. The van der Waals surface area contributed by atoms with E-state index in [1.165, 1.54) is 38.5 Å². The number of nitrogens with zero attached hydrogens (tertiary/aromatic N) is 2. The number of sulfonamides is 1. The summed E-state index contributed by atoms with van der Waals surface area (Å²) < 4.78 is 36.3. The highest BCUT2D eigenvalue weighted by Gasteiger charge is 2.21. The predicted octanol–water partition coefficient (Wildman–Crippen LogP) is 0.497. The highest BCUT2D eigenvalue weighted by atomic mass is 32.2. The van der Waals surface area contributed by atoms with Crippen molar-refractivity contribution in [1.29, 1.82) is 0 Å². The highest BCUT2D eigenvalue weighted by Crippen LogP contribution is 2.18. The molecule has 25 heavy (non-hydrogen) atoms. The molecule has 11 heteroatoms. The van der Waals surface area contributed by atoms with E-state index in [2.05, 4.69) is 15.3 Å². The number of hydrogen-bond acceptors (Lipinski definition) is 8. The molecule has 0 aliphatic rings. The number of hydrogen-bond donors (Lipinski definition) is 3. The molecule has 2 aromatic rings.